The summed E-state index contributed by atoms with van der Waals surface area (Å²) in [5.41, 5.74) is 0.778. The van der Waals surface area contributed by atoms with Gasteiger partial charge < -0.3 is 15.5 Å². The minimum atomic E-state index is -3.79. The van der Waals surface area contributed by atoms with Gasteiger partial charge in [0, 0.05) is 26.2 Å². The Balaban J connectivity index is 2.13. The van der Waals surface area contributed by atoms with Gasteiger partial charge in [-0.3, -0.25) is 4.79 Å². The summed E-state index contributed by atoms with van der Waals surface area (Å²) in [5, 5.41) is 10.7. The maximum atomic E-state index is 13.8. The molecule has 0 aliphatic carbocycles. The molecule has 162 valence electrons. The number of sulfonamides is 1. The van der Waals surface area contributed by atoms with Crippen LogP contribution in [0.2, 0.25) is 0 Å². The number of benzene rings is 2. The largest absolute Gasteiger partial charge is 0.352 e. The van der Waals surface area contributed by atoms with Crippen LogP contribution in [0, 0.1) is 11.6 Å². The summed E-state index contributed by atoms with van der Waals surface area (Å²) < 4.78 is 49.8. The molecule has 11 heteroatoms. The lowest BCUT2D eigenvalue weighted by Gasteiger charge is -2.15. The lowest BCUT2D eigenvalue weighted by Crippen LogP contribution is -2.42. The zero-order valence-corrected chi connectivity index (χ0v) is 17.3. The molecule has 0 heterocycles. The molecular weight excluding hydrogens is 416 g/mol. The second-order valence-corrected chi connectivity index (χ2v) is 8.15. The molecule has 2 aromatic rings. The van der Waals surface area contributed by atoms with Crippen LogP contribution in [0.25, 0.3) is 0 Å². The van der Waals surface area contributed by atoms with Crippen LogP contribution in [-0.2, 0) is 27.9 Å². The highest BCUT2D eigenvalue weighted by molar-refractivity contribution is 7.89. The van der Waals surface area contributed by atoms with E-state index in [2.05, 4.69) is 15.6 Å². The molecule has 0 aliphatic heterocycles. The molecule has 0 bridgehead atoms. The fourth-order valence-electron chi connectivity index (χ4n) is 2.30. The van der Waals surface area contributed by atoms with Gasteiger partial charge in [0.05, 0.1) is 18.0 Å². The molecule has 0 spiro atoms. The van der Waals surface area contributed by atoms with Gasteiger partial charge in [-0.05, 0) is 35.9 Å². The van der Waals surface area contributed by atoms with Gasteiger partial charge in [0.1, 0.15) is 11.6 Å². The lowest BCUT2D eigenvalue weighted by molar-refractivity contribution is -0.127. The minimum absolute atomic E-state index is 0.0233. The Morgan fingerprint density at radius 3 is 2.37 bits per heavy atom. The van der Waals surface area contributed by atoms with Gasteiger partial charge in [0.15, 0.2) is 5.96 Å². The van der Waals surface area contributed by atoms with Gasteiger partial charge >= 0.3 is 0 Å². The van der Waals surface area contributed by atoms with Crippen molar-refractivity contribution in [2.24, 2.45) is 10.1 Å². The first-order valence-corrected chi connectivity index (χ1v) is 10.4. The number of hydrogen-bond acceptors (Lipinski definition) is 4. The van der Waals surface area contributed by atoms with Crippen molar-refractivity contribution in [2.75, 3.05) is 20.6 Å². The van der Waals surface area contributed by atoms with Crippen molar-refractivity contribution < 1.29 is 22.0 Å². The minimum Gasteiger partial charge on any atom is -0.352 e. The van der Waals surface area contributed by atoms with Crippen molar-refractivity contribution in [3.05, 3.63) is 65.2 Å². The Bertz CT molecular complexity index is 1020. The quantitative estimate of drug-likeness (QED) is 0.438. The van der Waals surface area contributed by atoms with Crippen LogP contribution in [0.1, 0.15) is 11.1 Å². The first-order valence-electron chi connectivity index (χ1n) is 8.84. The van der Waals surface area contributed by atoms with E-state index in [9.17, 15) is 22.0 Å². The van der Waals surface area contributed by atoms with Crippen LogP contribution in [0.15, 0.2) is 52.4 Å². The van der Waals surface area contributed by atoms with Crippen LogP contribution >= 0.6 is 0 Å². The fourth-order valence-corrected chi connectivity index (χ4v) is 2.82. The standard InChI is InChI=1S/C19H23F2N5O3S/c1-26(2)18(27)12-25-19(24-11-14-9-15(20)5-8-17(14)21)23-10-13-3-6-16(7-4-13)30(22,28)29/h3-9H,10-12H2,1-2H3,(H2,22,28,29)(H2,23,24,25). The fraction of sp³-hybridized carbons (Fsp3) is 0.263. The highest BCUT2D eigenvalue weighted by atomic mass is 32.2. The third-order valence-corrected chi connectivity index (χ3v) is 4.96. The van der Waals surface area contributed by atoms with Crippen LogP contribution in [0.4, 0.5) is 8.78 Å². The number of primary sulfonamides is 1. The van der Waals surface area contributed by atoms with Crippen molar-refractivity contribution in [1.82, 2.24) is 15.5 Å². The molecule has 1 amide bonds. The number of aliphatic imine (C=N–C) groups is 1. The Hall–Kier alpha value is -3.05. The molecule has 0 aromatic heterocycles. The second kappa shape index (κ2) is 10.1. The van der Waals surface area contributed by atoms with E-state index in [1.54, 1.807) is 26.2 Å². The predicted octanol–water partition coefficient (Wildman–Crippen LogP) is 0.936. The number of likely N-dealkylation sites (N-methyl/N-ethyl adjacent to an activating group) is 1. The highest BCUT2D eigenvalue weighted by Gasteiger charge is 2.09. The summed E-state index contributed by atoms with van der Waals surface area (Å²) in [7, 11) is -0.592. The van der Waals surface area contributed by atoms with Crippen molar-refractivity contribution in [3.63, 3.8) is 0 Å². The van der Waals surface area contributed by atoms with Gasteiger partial charge in [-0.25, -0.2) is 27.3 Å². The Morgan fingerprint density at radius 1 is 1.10 bits per heavy atom. The molecule has 30 heavy (non-hydrogen) atoms. The Morgan fingerprint density at radius 2 is 1.77 bits per heavy atom. The van der Waals surface area contributed by atoms with E-state index in [0.717, 1.165) is 18.2 Å². The van der Waals surface area contributed by atoms with E-state index in [1.807, 2.05) is 0 Å². The zero-order valence-electron chi connectivity index (χ0n) is 16.5. The third kappa shape index (κ3) is 7.08. The summed E-state index contributed by atoms with van der Waals surface area (Å²) in [5.74, 6) is -1.16. The first kappa shape index (κ1) is 23.2. The van der Waals surface area contributed by atoms with Crippen molar-refractivity contribution in [2.45, 2.75) is 18.0 Å². The zero-order chi connectivity index (χ0) is 22.3. The van der Waals surface area contributed by atoms with Gasteiger partial charge in [-0.15, -0.1) is 0 Å². The maximum Gasteiger partial charge on any atom is 0.241 e. The van der Waals surface area contributed by atoms with Crippen molar-refractivity contribution in [3.8, 4) is 0 Å². The number of guanidine groups is 1. The topological polar surface area (TPSA) is 117 Å². The van der Waals surface area contributed by atoms with E-state index in [-0.39, 0.29) is 42.0 Å². The monoisotopic (exact) mass is 439 g/mol. The number of nitrogens with zero attached hydrogens (tertiary/aromatic N) is 2. The number of carbonyl (C=O) groups is 1. The van der Waals surface area contributed by atoms with Crippen molar-refractivity contribution >= 4 is 21.9 Å². The van der Waals surface area contributed by atoms with Gasteiger partial charge in [0.2, 0.25) is 15.9 Å². The van der Waals surface area contributed by atoms with Crippen LogP contribution in [-0.4, -0.2) is 45.8 Å². The summed E-state index contributed by atoms with van der Waals surface area (Å²) in [6.45, 7) is 0.0206. The Labute approximate surface area is 173 Å². The van der Waals surface area contributed by atoms with Crippen LogP contribution in [0.5, 0.6) is 0 Å². The average Bonchev–Trinajstić information content (AvgIpc) is 2.69. The number of halogens is 2. The predicted molar refractivity (Wildman–Crippen MR) is 109 cm³/mol. The molecule has 2 aromatic carbocycles. The first-order chi connectivity index (χ1) is 14.1. The summed E-state index contributed by atoms with van der Waals surface area (Å²) in [4.78, 5) is 17.5. The van der Waals surface area contributed by atoms with E-state index >= 15 is 0 Å². The molecule has 8 nitrogen and oxygen atoms in total. The molecule has 0 radical (unpaired) electrons. The average molecular weight is 439 g/mol. The van der Waals surface area contributed by atoms with Crippen molar-refractivity contribution in [1.29, 1.82) is 0 Å². The molecule has 4 N–H and O–H groups in total. The number of hydrogen-bond donors (Lipinski definition) is 3. The molecule has 0 saturated heterocycles. The summed E-state index contributed by atoms with van der Waals surface area (Å²) in [6.07, 6.45) is 0. The molecule has 2 rings (SSSR count). The molecular formula is C19H23F2N5O3S. The summed E-state index contributed by atoms with van der Waals surface area (Å²) >= 11 is 0. The molecule has 0 unspecified atom stereocenters. The summed E-state index contributed by atoms with van der Waals surface area (Å²) in [6, 6.07) is 8.94. The maximum absolute atomic E-state index is 13.8. The van der Waals surface area contributed by atoms with E-state index < -0.39 is 21.7 Å². The van der Waals surface area contributed by atoms with Crippen LogP contribution in [0.3, 0.4) is 0 Å². The van der Waals surface area contributed by atoms with E-state index in [0.29, 0.717) is 5.56 Å². The Kier molecular flexibility index (Phi) is 7.84. The third-order valence-electron chi connectivity index (χ3n) is 4.03. The number of amides is 1. The number of nitrogens with two attached hydrogens (primary N) is 1. The number of carbonyl (C=O) groups excluding carboxylic acids is 1. The second-order valence-electron chi connectivity index (χ2n) is 6.58. The van der Waals surface area contributed by atoms with Gasteiger partial charge in [-0.2, -0.15) is 0 Å². The number of rotatable bonds is 7. The molecule has 0 saturated carbocycles. The SMILES string of the molecule is CN(C)C(=O)CNC(=NCc1ccc(S(N)(=O)=O)cc1)NCc1cc(F)ccc1F. The molecule has 0 fully saturated rings. The van der Waals surface area contributed by atoms with E-state index in [4.69, 9.17) is 5.14 Å². The molecule has 0 atom stereocenters. The van der Waals surface area contributed by atoms with E-state index in [1.165, 1.54) is 17.0 Å². The molecule has 0 aliphatic rings. The van der Waals surface area contributed by atoms with Crippen LogP contribution < -0.4 is 15.8 Å². The smallest absolute Gasteiger partial charge is 0.241 e. The van der Waals surface area contributed by atoms with Gasteiger partial charge in [-0.1, -0.05) is 12.1 Å². The lowest BCUT2D eigenvalue weighted by atomic mass is 10.2. The van der Waals surface area contributed by atoms with Gasteiger partial charge in [0.25, 0.3) is 0 Å². The number of nitrogens with one attached hydrogen (secondary N) is 2. The normalized spacial score (nSPS) is 11.8. The highest BCUT2D eigenvalue weighted by Crippen LogP contribution is 2.10.